The van der Waals surface area contributed by atoms with Gasteiger partial charge >= 0.3 is 11.2 Å². The fourth-order valence-electron chi connectivity index (χ4n) is 4.31. The topological polar surface area (TPSA) is 130 Å². The first-order chi connectivity index (χ1) is 18.3. The molecule has 1 aromatic carbocycles. The van der Waals surface area contributed by atoms with E-state index in [0.29, 0.717) is 30.8 Å². The molecule has 1 aliphatic rings. The van der Waals surface area contributed by atoms with Gasteiger partial charge in [-0.15, -0.1) is 0 Å². The summed E-state index contributed by atoms with van der Waals surface area (Å²) in [4.78, 5) is 33.7. The van der Waals surface area contributed by atoms with Crippen molar-refractivity contribution in [2.75, 3.05) is 39.8 Å². The van der Waals surface area contributed by atoms with Gasteiger partial charge in [-0.25, -0.2) is 17.8 Å². The number of sulfone groups is 1. The Morgan fingerprint density at radius 1 is 1.08 bits per heavy atom. The molecule has 0 saturated carbocycles. The van der Waals surface area contributed by atoms with E-state index in [4.69, 9.17) is 0 Å². The standard InChI is InChI=1S/C24H27F3N6O5S/c1-16-22(35)33(18-3-5-19(6-4-18)39(37,38)24(25,26)27)23(36)32(16)21(17-7-9-28-10-8-17)29-20(34)15-31-13-11-30(2)12-14-31/h3-10,21,35H,11-15H2,1-2H3,(H,29,34). The van der Waals surface area contributed by atoms with Crippen LogP contribution in [-0.4, -0.2) is 88.6 Å². The van der Waals surface area contributed by atoms with Crippen molar-refractivity contribution < 1.29 is 31.5 Å². The number of pyridine rings is 1. The van der Waals surface area contributed by atoms with E-state index >= 15 is 0 Å². The molecule has 3 heterocycles. The summed E-state index contributed by atoms with van der Waals surface area (Å²) in [5.74, 6) is -0.889. The lowest BCUT2D eigenvalue weighted by molar-refractivity contribution is -0.123. The highest BCUT2D eigenvalue weighted by Crippen LogP contribution is 2.31. The first-order valence-corrected chi connectivity index (χ1v) is 13.3. The number of aromatic nitrogens is 3. The minimum absolute atomic E-state index is 0.0636. The van der Waals surface area contributed by atoms with Crippen molar-refractivity contribution in [3.05, 3.63) is 70.5 Å². The average Bonchev–Trinajstić information content (AvgIpc) is 3.11. The van der Waals surface area contributed by atoms with Crippen molar-refractivity contribution in [2.45, 2.75) is 23.5 Å². The molecule has 2 aromatic heterocycles. The first-order valence-electron chi connectivity index (χ1n) is 11.9. The SMILES string of the molecule is Cc1c(O)n(-c2ccc(S(=O)(=O)C(F)(F)F)cc2)c(=O)n1C(NC(=O)CN1CCN(C)CC1)c1ccncc1. The lowest BCUT2D eigenvalue weighted by Crippen LogP contribution is -2.49. The monoisotopic (exact) mass is 568 g/mol. The van der Waals surface area contributed by atoms with Gasteiger partial charge in [-0.3, -0.25) is 19.2 Å². The lowest BCUT2D eigenvalue weighted by atomic mass is 10.2. The summed E-state index contributed by atoms with van der Waals surface area (Å²) >= 11 is 0. The Balaban J connectivity index is 1.70. The first kappa shape index (κ1) is 28.3. The second kappa shape index (κ2) is 10.8. The van der Waals surface area contributed by atoms with Crippen LogP contribution in [0.3, 0.4) is 0 Å². The van der Waals surface area contributed by atoms with Crippen molar-refractivity contribution in [1.29, 1.82) is 0 Å². The zero-order valence-electron chi connectivity index (χ0n) is 21.1. The van der Waals surface area contributed by atoms with Crippen LogP contribution in [0.15, 0.2) is 58.5 Å². The summed E-state index contributed by atoms with van der Waals surface area (Å²) in [6.07, 6.45) is 1.91. The van der Waals surface area contributed by atoms with E-state index in [2.05, 4.69) is 15.2 Å². The van der Waals surface area contributed by atoms with E-state index in [1.165, 1.54) is 19.3 Å². The number of amides is 1. The molecule has 1 unspecified atom stereocenters. The number of alkyl halides is 3. The van der Waals surface area contributed by atoms with Crippen LogP contribution < -0.4 is 11.0 Å². The van der Waals surface area contributed by atoms with Gasteiger partial charge in [-0.2, -0.15) is 13.2 Å². The predicted molar refractivity (Wildman–Crippen MR) is 134 cm³/mol. The van der Waals surface area contributed by atoms with Crippen LogP contribution >= 0.6 is 0 Å². The Labute approximate surface area is 222 Å². The number of rotatable bonds is 7. The van der Waals surface area contributed by atoms with Gasteiger partial charge in [0, 0.05) is 38.6 Å². The number of nitrogens with one attached hydrogen (secondary N) is 1. The molecule has 1 amide bonds. The number of hydrogen-bond donors (Lipinski definition) is 2. The fraction of sp³-hybridized carbons (Fsp3) is 0.375. The zero-order chi connectivity index (χ0) is 28.5. The molecule has 0 radical (unpaired) electrons. The van der Waals surface area contributed by atoms with Crippen molar-refractivity contribution >= 4 is 15.7 Å². The second-order valence-corrected chi connectivity index (χ2v) is 11.1. The number of carbonyl (C=O) groups excluding carboxylic acids is 1. The van der Waals surface area contributed by atoms with Crippen LogP contribution in [-0.2, 0) is 14.6 Å². The summed E-state index contributed by atoms with van der Waals surface area (Å²) in [5.41, 5.74) is -5.82. The Bertz CT molecular complexity index is 1500. The normalized spacial score (nSPS) is 16.2. The summed E-state index contributed by atoms with van der Waals surface area (Å²) in [6.45, 7) is 4.53. The maximum atomic E-state index is 13.6. The van der Waals surface area contributed by atoms with Crippen molar-refractivity contribution in [1.82, 2.24) is 29.2 Å². The lowest BCUT2D eigenvalue weighted by Gasteiger charge is -2.32. The van der Waals surface area contributed by atoms with Crippen molar-refractivity contribution in [3.8, 4) is 11.6 Å². The zero-order valence-corrected chi connectivity index (χ0v) is 21.9. The molecule has 11 nitrogen and oxygen atoms in total. The van der Waals surface area contributed by atoms with Crippen LogP contribution in [0.1, 0.15) is 17.4 Å². The number of nitrogens with zero attached hydrogens (tertiary/aromatic N) is 5. The van der Waals surface area contributed by atoms with E-state index < -0.39 is 38.0 Å². The third kappa shape index (κ3) is 5.69. The molecule has 15 heteroatoms. The van der Waals surface area contributed by atoms with Crippen LogP contribution in [0.4, 0.5) is 13.2 Å². The van der Waals surface area contributed by atoms with Gasteiger partial charge in [0.15, 0.2) is 0 Å². The molecule has 210 valence electrons. The molecule has 4 rings (SSSR count). The number of piperazine rings is 1. The van der Waals surface area contributed by atoms with Gasteiger partial charge in [-0.1, -0.05) is 0 Å². The highest BCUT2D eigenvalue weighted by molar-refractivity contribution is 7.92. The summed E-state index contributed by atoms with van der Waals surface area (Å²) in [6, 6.07) is 6.56. The highest BCUT2D eigenvalue weighted by Gasteiger charge is 2.46. The summed E-state index contributed by atoms with van der Waals surface area (Å²) in [7, 11) is -3.60. The molecule has 1 saturated heterocycles. The molecule has 39 heavy (non-hydrogen) atoms. The third-order valence-electron chi connectivity index (χ3n) is 6.54. The maximum Gasteiger partial charge on any atom is 0.501 e. The Kier molecular flexibility index (Phi) is 7.86. The highest BCUT2D eigenvalue weighted by atomic mass is 32.2. The largest absolute Gasteiger partial charge is 0.501 e. The van der Waals surface area contributed by atoms with Crippen LogP contribution in [0.25, 0.3) is 5.69 Å². The molecular formula is C24H27F3N6O5S. The number of aromatic hydroxyl groups is 1. The minimum atomic E-state index is -5.59. The second-order valence-electron chi connectivity index (χ2n) is 9.17. The van der Waals surface area contributed by atoms with E-state index in [-0.39, 0.29) is 23.8 Å². The molecule has 1 atom stereocenters. The van der Waals surface area contributed by atoms with Gasteiger partial charge in [0.25, 0.3) is 9.84 Å². The quantitative estimate of drug-likeness (QED) is 0.436. The van der Waals surface area contributed by atoms with Gasteiger partial charge in [0.1, 0.15) is 6.17 Å². The number of imidazole rings is 1. The number of carbonyl (C=O) groups is 1. The van der Waals surface area contributed by atoms with E-state index in [1.807, 2.05) is 11.9 Å². The molecule has 2 N–H and O–H groups in total. The number of halogens is 3. The molecule has 0 spiro atoms. The smallest absolute Gasteiger partial charge is 0.493 e. The molecular weight excluding hydrogens is 541 g/mol. The van der Waals surface area contributed by atoms with E-state index in [9.17, 15) is 36.3 Å². The average molecular weight is 569 g/mol. The van der Waals surface area contributed by atoms with E-state index in [0.717, 1.165) is 34.4 Å². The van der Waals surface area contributed by atoms with Crippen LogP contribution in [0, 0.1) is 6.92 Å². The molecule has 0 aliphatic carbocycles. The van der Waals surface area contributed by atoms with Gasteiger partial charge < -0.3 is 15.3 Å². The van der Waals surface area contributed by atoms with Crippen LogP contribution in [0.2, 0.25) is 0 Å². The summed E-state index contributed by atoms with van der Waals surface area (Å²) < 4.78 is 64.1. The predicted octanol–water partition coefficient (Wildman–Crippen LogP) is 1.25. The maximum absolute atomic E-state index is 13.6. The van der Waals surface area contributed by atoms with Crippen molar-refractivity contribution in [2.24, 2.45) is 0 Å². The van der Waals surface area contributed by atoms with Crippen molar-refractivity contribution in [3.63, 3.8) is 0 Å². The third-order valence-corrected chi connectivity index (χ3v) is 8.05. The molecule has 1 aliphatic heterocycles. The molecule has 3 aromatic rings. The number of benzene rings is 1. The minimum Gasteiger partial charge on any atom is -0.493 e. The van der Waals surface area contributed by atoms with Crippen LogP contribution in [0.5, 0.6) is 5.88 Å². The Morgan fingerprint density at radius 2 is 1.67 bits per heavy atom. The van der Waals surface area contributed by atoms with Gasteiger partial charge in [0.05, 0.1) is 22.8 Å². The summed E-state index contributed by atoms with van der Waals surface area (Å²) in [5, 5.41) is 13.7. The Morgan fingerprint density at radius 3 is 2.23 bits per heavy atom. The number of likely N-dealkylation sites (N-methyl/N-ethyl adjacent to an activating group) is 1. The van der Waals surface area contributed by atoms with Gasteiger partial charge in [0.2, 0.25) is 11.8 Å². The molecule has 1 fully saturated rings. The molecule has 0 bridgehead atoms. The van der Waals surface area contributed by atoms with Gasteiger partial charge in [-0.05, 0) is 55.9 Å². The fourth-order valence-corrected chi connectivity index (χ4v) is 5.07. The Hall–Kier alpha value is -3.69. The van der Waals surface area contributed by atoms with E-state index in [1.54, 1.807) is 12.1 Å². The number of hydrogen-bond acceptors (Lipinski definition) is 8.